The van der Waals surface area contributed by atoms with Crippen LogP contribution in [0.3, 0.4) is 0 Å². The van der Waals surface area contributed by atoms with E-state index in [9.17, 15) is 19.7 Å². The molecule has 1 heterocycles. The SMILES string of the molecule is CC(C)(C)CC(C)(C)NC(=O)COC(=O)c1ccc(-c2ccc([N+](=O)[O-])cc2)o1. The molecular weight excluding hydrogens is 376 g/mol. The van der Waals surface area contributed by atoms with E-state index < -0.39 is 28.9 Å². The Morgan fingerprint density at radius 1 is 1.07 bits per heavy atom. The zero-order chi connectivity index (χ0) is 21.8. The average Bonchev–Trinajstić information content (AvgIpc) is 3.07. The first-order valence-electron chi connectivity index (χ1n) is 9.19. The van der Waals surface area contributed by atoms with Crippen molar-refractivity contribution in [3.8, 4) is 11.3 Å². The summed E-state index contributed by atoms with van der Waals surface area (Å²) in [6.45, 7) is 9.67. The highest BCUT2D eigenvalue weighted by Gasteiger charge is 2.27. The van der Waals surface area contributed by atoms with Gasteiger partial charge in [0, 0.05) is 23.2 Å². The Balaban J connectivity index is 1.93. The fraction of sp³-hybridized carbons (Fsp3) is 0.429. The number of furan rings is 1. The average molecular weight is 402 g/mol. The first kappa shape index (κ1) is 22.1. The lowest BCUT2D eigenvalue weighted by molar-refractivity contribution is -0.384. The number of non-ortho nitro benzene ring substituents is 1. The zero-order valence-corrected chi connectivity index (χ0v) is 17.3. The van der Waals surface area contributed by atoms with Crippen LogP contribution >= 0.6 is 0 Å². The van der Waals surface area contributed by atoms with Crippen LogP contribution in [0, 0.1) is 15.5 Å². The van der Waals surface area contributed by atoms with Crippen LogP contribution < -0.4 is 5.32 Å². The van der Waals surface area contributed by atoms with E-state index in [-0.39, 0.29) is 16.9 Å². The van der Waals surface area contributed by atoms with E-state index in [1.807, 2.05) is 13.8 Å². The number of amides is 1. The number of rotatable bonds is 7. The maximum atomic E-state index is 12.1. The minimum absolute atomic E-state index is 0.0376. The van der Waals surface area contributed by atoms with Gasteiger partial charge < -0.3 is 14.5 Å². The Bertz CT molecular complexity index is 891. The molecule has 0 aliphatic carbocycles. The highest BCUT2D eigenvalue weighted by atomic mass is 16.6. The first-order valence-corrected chi connectivity index (χ1v) is 9.19. The molecule has 0 aliphatic rings. The van der Waals surface area contributed by atoms with Crippen LogP contribution in [0.4, 0.5) is 5.69 Å². The second kappa shape index (κ2) is 8.46. The molecule has 0 radical (unpaired) electrons. The van der Waals surface area contributed by atoms with Crippen LogP contribution in [0.2, 0.25) is 0 Å². The lowest BCUT2D eigenvalue weighted by Gasteiger charge is -2.33. The van der Waals surface area contributed by atoms with E-state index in [4.69, 9.17) is 9.15 Å². The molecule has 0 fully saturated rings. The molecule has 0 atom stereocenters. The van der Waals surface area contributed by atoms with E-state index >= 15 is 0 Å². The maximum Gasteiger partial charge on any atom is 0.374 e. The summed E-state index contributed by atoms with van der Waals surface area (Å²) in [5.41, 5.74) is 0.141. The Morgan fingerprint density at radius 2 is 1.69 bits per heavy atom. The number of nitrogens with one attached hydrogen (secondary N) is 1. The Labute approximate surface area is 169 Å². The number of nitro groups is 1. The van der Waals surface area contributed by atoms with Crippen molar-refractivity contribution in [1.29, 1.82) is 0 Å². The molecule has 1 N–H and O–H groups in total. The third kappa shape index (κ3) is 6.74. The van der Waals surface area contributed by atoms with Crippen LogP contribution in [-0.2, 0) is 9.53 Å². The third-order valence-corrected chi connectivity index (χ3v) is 3.95. The molecule has 0 aliphatic heterocycles. The highest BCUT2D eigenvalue weighted by molar-refractivity contribution is 5.89. The van der Waals surface area contributed by atoms with Gasteiger partial charge in [-0.15, -0.1) is 0 Å². The Kier molecular flexibility index (Phi) is 6.46. The van der Waals surface area contributed by atoms with Crippen LogP contribution in [0.15, 0.2) is 40.8 Å². The van der Waals surface area contributed by atoms with Gasteiger partial charge in [0.15, 0.2) is 6.61 Å². The minimum atomic E-state index is -0.762. The quantitative estimate of drug-likeness (QED) is 0.419. The number of benzene rings is 1. The van der Waals surface area contributed by atoms with Gasteiger partial charge in [-0.2, -0.15) is 0 Å². The number of hydrogen-bond acceptors (Lipinski definition) is 6. The molecule has 2 rings (SSSR count). The Morgan fingerprint density at radius 3 is 2.24 bits per heavy atom. The number of nitrogens with zero attached hydrogens (tertiary/aromatic N) is 1. The summed E-state index contributed by atoms with van der Waals surface area (Å²) in [7, 11) is 0. The van der Waals surface area contributed by atoms with Crippen LogP contribution in [-0.4, -0.2) is 28.9 Å². The predicted molar refractivity (Wildman–Crippen MR) is 107 cm³/mol. The lowest BCUT2D eigenvalue weighted by Crippen LogP contribution is -2.47. The number of carbonyl (C=O) groups is 2. The Hall–Kier alpha value is -3.16. The largest absolute Gasteiger partial charge is 0.450 e. The summed E-state index contributed by atoms with van der Waals surface area (Å²) in [4.78, 5) is 34.5. The molecule has 1 aromatic carbocycles. The second-order valence-corrected chi connectivity index (χ2v) is 8.71. The summed E-state index contributed by atoms with van der Waals surface area (Å²) >= 11 is 0. The summed E-state index contributed by atoms with van der Waals surface area (Å²) < 4.78 is 10.5. The molecule has 0 spiro atoms. The van der Waals surface area contributed by atoms with E-state index in [1.54, 1.807) is 6.07 Å². The van der Waals surface area contributed by atoms with Gasteiger partial charge in [-0.25, -0.2) is 4.79 Å². The highest BCUT2D eigenvalue weighted by Crippen LogP contribution is 2.27. The molecule has 0 saturated carbocycles. The fourth-order valence-corrected chi connectivity index (χ4v) is 3.34. The predicted octanol–water partition coefficient (Wildman–Crippen LogP) is 4.34. The standard InChI is InChI=1S/C21H26N2O6/c1-20(2,3)13-21(4,5)22-18(24)12-28-19(25)17-11-10-16(29-17)14-6-8-15(9-7-14)23(26)27/h6-11H,12-13H2,1-5H3,(H,22,24). The number of ether oxygens (including phenoxy) is 1. The van der Waals surface area contributed by atoms with Crippen LogP contribution in [0.5, 0.6) is 0 Å². The summed E-state index contributed by atoms with van der Waals surface area (Å²) in [6, 6.07) is 8.73. The summed E-state index contributed by atoms with van der Waals surface area (Å²) in [6.07, 6.45) is 0.760. The molecule has 0 bridgehead atoms. The fourth-order valence-electron chi connectivity index (χ4n) is 3.34. The van der Waals surface area contributed by atoms with Crippen molar-refractivity contribution >= 4 is 17.6 Å². The molecule has 2 aromatic rings. The third-order valence-electron chi connectivity index (χ3n) is 3.95. The van der Waals surface area contributed by atoms with Crippen molar-refractivity contribution in [3.63, 3.8) is 0 Å². The first-order chi connectivity index (χ1) is 13.4. The van der Waals surface area contributed by atoms with Crippen molar-refractivity contribution in [1.82, 2.24) is 5.32 Å². The molecule has 0 saturated heterocycles. The van der Waals surface area contributed by atoms with Crippen LogP contribution in [0.1, 0.15) is 51.6 Å². The molecule has 1 amide bonds. The number of esters is 1. The van der Waals surface area contributed by atoms with Crippen LogP contribution in [0.25, 0.3) is 11.3 Å². The monoisotopic (exact) mass is 402 g/mol. The molecule has 0 unspecified atom stereocenters. The van der Waals surface area contributed by atoms with Gasteiger partial charge in [-0.05, 0) is 49.9 Å². The normalized spacial score (nSPS) is 11.8. The van der Waals surface area contributed by atoms with Gasteiger partial charge in [0.2, 0.25) is 5.76 Å². The van der Waals surface area contributed by atoms with Crippen molar-refractivity contribution in [2.75, 3.05) is 6.61 Å². The van der Waals surface area contributed by atoms with E-state index in [0.717, 1.165) is 6.42 Å². The molecule has 29 heavy (non-hydrogen) atoms. The van der Waals surface area contributed by atoms with Gasteiger partial charge in [0.25, 0.3) is 11.6 Å². The lowest BCUT2D eigenvalue weighted by atomic mass is 9.82. The maximum absolute atomic E-state index is 12.1. The summed E-state index contributed by atoms with van der Waals surface area (Å²) in [5, 5.41) is 13.6. The van der Waals surface area contributed by atoms with E-state index in [2.05, 4.69) is 26.1 Å². The molecule has 156 valence electrons. The topological polar surface area (TPSA) is 112 Å². The van der Waals surface area contributed by atoms with Crippen molar-refractivity contribution in [3.05, 3.63) is 52.3 Å². The van der Waals surface area contributed by atoms with Crippen molar-refractivity contribution < 1.29 is 23.7 Å². The van der Waals surface area contributed by atoms with Gasteiger partial charge in [0.05, 0.1) is 4.92 Å². The van der Waals surface area contributed by atoms with Gasteiger partial charge in [-0.1, -0.05) is 20.8 Å². The number of nitro benzene ring substituents is 1. The van der Waals surface area contributed by atoms with Crippen molar-refractivity contribution in [2.45, 2.75) is 46.6 Å². The molecule has 8 heteroatoms. The second-order valence-electron chi connectivity index (χ2n) is 8.71. The smallest absolute Gasteiger partial charge is 0.374 e. The molecular formula is C21H26N2O6. The van der Waals surface area contributed by atoms with Gasteiger partial charge in [0.1, 0.15) is 5.76 Å². The number of hydrogen-bond donors (Lipinski definition) is 1. The number of carbonyl (C=O) groups excluding carboxylic acids is 2. The zero-order valence-electron chi connectivity index (χ0n) is 17.3. The molecule has 1 aromatic heterocycles. The van der Waals surface area contributed by atoms with E-state index in [0.29, 0.717) is 11.3 Å². The van der Waals surface area contributed by atoms with Gasteiger partial charge >= 0.3 is 5.97 Å². The minimum Gasteiger partial charge on any atom is -0.450 e. The molecule has 8 nitrogen and oxygen atoms in total. The van der Waals surface area contributed by atoms with Gasteiger partial charge in [-0.3, -0.25) is 14.9 Å². The summed E-state index contributed by atoms with van der Waals surface area (Å²) in [5.74, 6) is -0.848. The van der Waals surface area contributed by atoms with Crippen molar-refractivity contribution in [2.24, 2.45) is 5.41 Å². The van der Waals surface area contributed by atoms with E-state index in [1.165, 1.54) is 30.3 Å².